The first-order chi connectivity index (χ1) is 8.02. The number of benzene rings is 1. The molecule has 3 amide bonds. The molecule has 0 aliphatic heterocycles. The molecule has 6 nitrogen and oxygen atoms in total. The van der Waals surface area contributed by atoms with Crippen molar-refractivity contribution in [2.75, 3.05) is 5.32 Å². The quantitative estimate of drug-likeness (QED) is 0.600. The smallest absolute Gasteiger partial charge is 0.312 e. The Kier molecular flexibility index (Phi) is 4.47. The number of nitrogens with one attached hydrogen (secondary N) is 2. The van der Waals surface area contributed by atoms with Gasteiger partial charge in [0.05, 0.1) is 6.61 Å². The summed E-state index contributed by atoms with van der Waals surface area (Å²) < 4.78 is 0. The largest absolute Gasteiger partial charge is 0.392 e. The van der Waals surface area contributed by atoms with E-state index in [1.807, 2.05) is 0 Å². The SMILES string of the molecule is CC(NC(N)=O)C(=O)Nc1cccc(CO)c1. The van der Waals surface area contributed by atoms with Gasteiger partial charge in [-0.2, -0.15) is 0 Å². The van der Waals surface area contributed by atoms with Crippen molar-refractivity contribution in [1.29, 1.82) is 0 Å². The summed E-state index contributed by atoms with van der Waals surface area (Å²) in [5.41, 5.74) is 6.16. The minimum Gasteiger partial charge on any atom is -0.392 e. The predicted molar refractivity (Wildman–Crippen MR) is 63.2 cm³/mol. The number of anilines is 1. The molecule has 0 aromatic heterocycles. The van der Waals surface area contributed by atoms with Crippen LogP contribution in [0.25, 0.3) is 0 Å². The maximum atomic E-state index is 11.6. The van der Waals surface area contributed by atoms with E-state index >= 15 is 0 Å². The standard InChI is InChI=1S/C11H15N3O3/c1-7(13-11(12)17)10(16)14-9-4-2-3-8(5-9)6-15/h2-5,7,15H,6H2,1H3,(H,14,16)(H3,12,13,17). The highest BCUT2D eigenvalue weighted by molar-refractivity contribution is 5.96. The lowest BCUT2D eigenvalue weighted by Gasteiger charge is -2.12. The van der Waals surface area contributed by atoms with Crippen LogP contribution in [0.5, 0.6) is 0 Å². The molecule has 0 radical (unpaired) electrons. The lowest BCUT2D eigenvalue weighted by Crippen LogP contribution is -2.44. The second-order valence-electron chi connectivity index (χ2n) is 3.58. The molecule has 0 saturated carbocycles. The summed E-state index contributed by atoms with van der Waals surface area (Å²) >= 11 is 0. The number of aliphatic hydroxyl groups excluding tert-OH is 1. The zero-order chi connectivity index (χ0) is 12.8. The Morgan fingerprint density at radius 1 is 1.47 bits per heavy atom. The zero-order valence-electron chi connectivity index (χ0n) is 9.43. The molecule has 1 rings (SSSR count). The number of aliphatic hydroxyl groups is 1. The molecule has 6 heteroatoms. The predicted octanol–water partition coefficient (Wildman–Crippen LogP) is 0.174. The first-order valence-electron chi connectivity index (χ1n) is 5.09. The van der Waals surface area contributed by atoms with Crippen molar-refractivity contribution in [2.45, 2.75) is 19.6 Å². The van der Waals surface area contributed by atoms with Crippen LogP contribution in [0.2, 0.25) is 0 Å². The molecule has 5 N–H and O–H groups in total. The normalized spacial score (nSPS) is 11.6. The fourth-order valence-corrected chi connectivity index (χ4v) is 1.28. The lowest BCUT2D eigenvalue weighted by molar-refractivity contribution is -0.117. The van der Waals surface area contributed by atoms with Gasteiger partial charge < -0.3 is 21.5 Å². The first-order valence-corrected chi connectivity index (χ1v) is 5.09. The van der Waals surface area contributed by atoms with Crippen LogP contribution < -0.4 is 16.4 Å². The molecule has 0 saturated heterocycles. The molecule has 1 aromatic carbocycles. The molecule has 0 aliphatic rings. The van der Waals surface area contributed by atoms with Gasteiger partial charge in [-0.25, -0.2) is 4.79 Å². The molecule has 1 unspecified atom stereocenters. The summed E-state index contributed by atoms with van der Waals surface area (Å²) in [5, 5.41) is 13.8. The first kappa shape index (κ1) is 13.0. The highest BCUT2D eigenvalue weighted by Gasteiger charge is 2.13. The lowest BCUT2D eigenvalue weighted by atomic mass is 10.2. The summed E-state index contributed by atoms with van der Waals surface area (Å²) in [7, 11) is 0. The molecule has 0 aliphatic carbocycles. The minimum atomic E-state index is -0.753. The van der Waals surface area contributed by atoms with Gasteiger partial charge in [-0.05, 0) is 24.6 Å². The molecule has 17 heavy (non-hydrogen) atoms. The second-order valence-corrected chi connectivity index (χ2v) is 3.58. The Bertz CT molecular complexity index is 420. The van der Waals surface area contributed by atoms with Crippen molar-refractivity contribution in [3.05, 3.63) is 29.8 Å². The number of amides is 3. The van der Waals surface area contributed by atoms with E-state index in [1.165, 1.54) is 6.92 Å². The van der Waals surface area contributed by atoms with E-state index in [1.54, 1.807) is 24.3 Å². The third-order valence-electron chi connectivity index (χ3n) is 2.13. The van der Waals surface area contributed by atoms with E-state index in [4.69, 9.17) is 10.8 Å². The van der Waals surface area contributed by atoms with Crippen LogP contribution in [0, 0.1) is 0 Å². The Morgan fingerprint density at radius 2 is 2.18 bits per heavy atom. The molecule has 92 valence electrons. The number of rotatable bonds is 4. The van der Waals surface area contributed by atoms with Gasteiger partial charge in [0, 0.05) is 5.69 Å². The second kappa shape index (κ2) is 5.86. The van der Waals surface area contributed by atoms with Crippen molar-refractivity contribution in [1.82, 2.24) is 5.32 Å². The average Bonchev–Trinajstić information content (AvgIpc) is 2.28. The maximum Gasteiger partial charge on any atom is 0.312 e. The monoisotopic (exact) mass is 237 g/mol. The van der Waals surface area contributed by atoms with E-state index < -0.39 is 12.1 Å². The minimum absolute atomic E-state index is 0.0984. The van der Waals surface area contributed by atoms with E-state index in [0.717, 1.165) is 0 Å². The number of hydrogen-bond donors (Lipinski definition) is 4. The highest BCUT2D eigenvalue weighted by Crippen LogP contribution is 2.10. The Balaban J connectivity index is 2.64. The van der Waals surface area contributed by atoms with Crippen molar-refractivity contribution < 1.29 is 14.7 Å². The van der Waals surface area contributed by atoms with Gasteiger partial charge >= 0.3 is 6.03 Å². The van der Waals surface area contributed by atoms with Crippen molar-refractivity contribution in [3.8, 4) is 0 Å². The molecule has 0 fully saturated rings. The highest BCUT2D eigenvalue weighted by atomic mass is 16.3. The molecule has 1 atom stereocenters. The van der Waals surface area contributed by atoms with E-state index in [9.17, 15) is 9.59 Å². The van der Waals surface area contributed by atoms with Gasteiger partial charge in [-0.3, -0.25) is 4.79 Å². The van der Waals surface area contributed by atoms with E-state index in [-0.39, 0.29) is 12.5 Å². The fraction of sp³-hybridized carbons (Fsp3) is 0.273. The zero-order valence-corrected chi connectivity index (χ0v) is 9.43. The van der Waals surface area contributed by atoms with Crippen LogP contribution in [0.1, 0.15) is 12.5 Å². The van der Waals surface area contributed by atoms with Crippen LogP contribution in [0.4, 0.5) is 10.5 Å². The van der Waals surface area contributed by atoms with Crippen LogP contribution in [-0.2, 0) is 11.4 Å². The summed E-state index contributed by atoms with van der Waals surface area (Å²) in [4.78, 5) is 22.2. The third kappa shape index (κ3) is 4.12. The van der Waals surface area contributed by atoms with Gasteiger partial charge in [-0.1, -0.05) is 12.1 Å². The molecule has 1 aromatic rings. The van der Waals surface area contributed by atoms with E-state index in [0.29, 0.717) is 11.3 Å². The van der Waals surface area contributed by atoms with Gasteiger partial charge in [0.25, 0.3) is 0 Å². The summed E-state index contributed by atoms with van der Waals surface area (Å²) in [6.45, 7) is 1.43. The van der Waals surface area contributed by atoms with Crippen LogP contribution in [0.15, 0.2) is 24.3 Å². The number of carbonyl (C=O) groups is 2. The Hall–Kier alpha value is -2.08. The topological polar surface area (TPSA) is 104 Å². The van der Waals surface area contributed by atoms with Gasteiger partial charge in [-0.15, -0.1) is 0 Å². The van der Waals surface area contributed by atoms with Crippen LogP contribution >= 0.6 is 0 Å². The van der Waals surface area contributed by atoms with Crippen molar-refractivity contribution in [2.24, 2.45) is 5.73 Å². The summed E-state index contributed by atoms with van der Waals surface area (Å²) in [6, 6.07) is 5.32. The van der Waals surface area contributed by atoms with Crippen molar-refractivity contribution in [3.63, 3.8) is 0 Å². The number of nitrogens with two attached hydrogens (primary N) is 1. The van der Waals surface area contributed by atoms with Gasteiger partial charge in [0.1, 0.15) is 6.04 Å². The summed E-state index contributed by atoms with van der Waals surface area (Å²) in [5.74, 6) is -0.376. The van der Waals surface area contributed by atoms with E-state index in [2.05, 4.69) is 10.6 Å². The van der Waals surface area contributed by atoms with Gasteiger partial charge in [0.2, 0.25) is 5.91 Å². The number of primary amides is 1. The molecular weight excluding hydrogens is 222 g/mol. The summed E-state index contributed by atoms with van der Waals surface area (Å²) in [6.07, 6.45) is 0. The molecule has 0 bridgehead atoms. The fourth-order valence-electron chi connectivity index (χ4n) is 1.28. The number of carbonyl (C=O) groups excluding carboxylic acids is 2. The molecule has 0 heterocycles. The average molecular weight is 237 g/mol. The molecule has 0 spiro atoms. The van der Waals surface area contributed by atoms with Gasteiger partial charge in [0.15, 0.2) is 0 Å². The number of hydrogen-bond acceptors (Lipinski definition) is 3. The third-order valence-corrected chi connectivity index (χ3v) is 2.13. The Morgan fingerprint density at radius 3 is 2.76 bits per heavy atom. The Labute approximate surface area is 98.8 Å². The van der Waals surface area contributed by atoms with Crippen LogP contribution in [0.3, 0.4) is 0 Å². The maximum absolute atomic E-state index is 11.6. The number of urea groups is 1. The van der Waals surface area contributed by atoms with Crippen LogP contribution in [-0.4, -0.2) is 23.1 Å². The molecular formula is C11H15N3O3. The van der Waals surface area contributed by atoms with Crippen molar-refractivity contribution >= 4 is 17.6 Å².